The van der Waals surface area contributed by atoms with Crippen molar-refractivity contribution in [3.8, 4) is 0 Å². The molecule has 0 spiro atoms. The SMILES string of the molecule is CCCCn1c(CNC(=O)C23CC4CC(CC(C4)C2)C3)nnc1SC1C(=O)C2(C)CCC1C2(C)C. The molecule has 0 saturated heterocycles. The van der Waals surface area contributed by atoms with Crippen LogP contribution in [0.1, 0.15) is 97.7 Å². The monoisotopic (exact) mass is 498 g/mol. The first-order valence-corrected chi connectivity index (χ1v) is 15.0. The van der Waals surface area contributed by atoms with Crippen molar-refractivity contribution >= 4 is 23.5 Å². The van der Waals surface area contributed by atoms with Gasteiger partial charge in [0, 0.05) is 17.4 Å². The van der Waals surface area contributed by atoms with Gasteiger partial charge in [0.25, 0.3) is 0 Å². The van der Waals surface area contributed by atoms with Crippen LogP contribution in [0.25, 0.3) is 0 Å². The highest BCUT2D eigenvalue weighted by atomic mass is 32.2. The Hall–Kier alpha value is -1.37. The third kappa shape index (κ3) is 3.57. The number of unbranched alkanes of at least 4 members (excludes halogenated alkanes) is 1. The van der Waals surface area contributed by atoms with Crippen LogP contribution in [-0.4, -0.2) is 31.7 Å². The van der Waals surface area contributed by atoms with Crippen molar-refractivity contribution < 1.29 is 9.59 Å². The highest BCUT2D eigenvalue weighted by Crippen LogP contribution is 2.66. The van der Waals surface area contributed by atoms with E-state index in [0.717, 1.165) is 80.2 Å². The van der Waals surface area contributed by atoms with Crippen LogP contribution in [-0.2, 0) is 22.7 Å². The van der Waals surface area contributed by atoms with Gasteiger partial charge in [-0.2, -0.15) is 0 Å². The molecule has 6 nitrogen and oxygen atoms in total. The number of carbonyl (C=O) groups is 2. The number of aromatic nitrogens is 3. The first-order valence-electron chi connectivity index (χ1n) is 14.1. The molecule has 7 heteroatoms. The molecule has 0 aliphatic heterocycles. The number of Topliss-reactive ketones (excluding diaryl/α,β-unsaturated/α-hetero) is 1. The molecular formula is C28H42N4O2S. The lowest BCUT2D eigenvalue weighted by molar-refractivity contribution is -0.146. The summed E-state index contributed by atoms with van der Waals surface area (Å²) in [4.78, 5) is 26.9. The van der Waals surface area contributed by atoms with E-state index in [9.17, 15) is 9.59 Å². The molecule has 0 aromatic carbocycles. The lowest BCUT2D eigenvalue weighted by atomic mass is 9.49. The number of fused-ring (bicyclic) bond motifs is 2. The Kier molecular flexibility index (Phi) is 5.71. The number of amides is 1. The molecule has 192 valence electrons. The van der Waals surface area contributed by atoms with Crippen molar-refractivity contribution in [2.24, 2.45) is 39.9 Å². The Balaban J connectivity index is 1.18. The number of hydrogen-bond acceptors (Lipinski definition) is 5. The van der Waals surface area contributed by atoms with E-state index in [2.05, 4.69) is 47.8 Å². The maximum absolute atomic E-state index is 13.5. The van der Waals surface area contributed by atoms with Crippen LogP contribution < -0.4 is 5.32 Å². The Morgan fingerprint density at radius 1 is 1.09 bits per heavy atom. The number of carbonyl (C=O) groups excluding carboxylic acids is 2. The predicted octanol–water partition coefficient (Wildman–Crippen LogP) is 5.40. The Morgan fingerprint density at radius 2 is 1.74 bits per heavy atom. The highest BCUT2D eigenvalue weighted by Gasteiger charge is 2.66. The number of hydrogen-bond donors (Lipinski definition) is 1. The van der Waals surface area contributed by atoms with Crippen molar-refractivity contribution in [2.45, 2.75) is 115 Å². The minimum atomic E-state index is -0.224. The van der Waals surface area contributed by atoms with Gasteiger partial charge in [0.05, 0.1) is 11.8 Å². The second-order valence-electron chi connectivity index (χ2n) is 13.4. The first-order chi connectivity index (χ1) is 16.7. The summed E-state index contributed by atoms with van der Waals surface area (Å²) in [6.07, 6.45) is 11.5. The van der Waals surface area contributed by atoms with Crippen molar-refractivity contribution in [1.29, 1.82) is 0 Å². The van der Waals surface area contributed by atoms with E-state index in [1.165, 1.54) is 19.3 Å². The molecule has 3 unspecified atom stereocenters. The van der Waals surface area contributed by atoms with Gasteiger partial charge in [0.2, 0.25) is 5.91 Å². The molecule has 1 N–H and O–H groups in total. The minimum Gasteiger partial charge on any atom is -0.348 e. The van der Waals surface area contributed by atoms with Crippen LogP contribution in [0.2, 0.25) is 0 Å². The standard InChI is InChI=1S/C28H42N4O2S/c1-5-6-9-32-21(16-29-24(34)28-13-17-10-18(14-28)12-19(11-17)15-28)30-31-25(32)35-22-20-7-8-27(4,23(22)33)26(20,2)3/h17-20,22H,5-16H2,1-4H3,(H,29,34). The van der Waals surface area contributed by atoms with E-state index in [1.54, 1.807) is 11.8 Å². The molecule has 1 aromatic rings. The fourth-order valence-corrected chi connectivity index (χ4v) is 10.7. The van der Waals surface area contributed by atoms with Crippen LogP contribution in [0.15, 0.2) is 5.16 Å². The van der Waals surface area contributed by atoms with Gasteiger partial charge >= 0.3 is 0 Å². The average Bonchev–Trinajstić information content (AvgIpc) is 3.33. The molecule has 3 atom stereocenters. The van der Waals surface area contributed by atoms with Crippen molar-refractivity contribution in [1.82, 2.24) is 20.1 Å². The van der Waals surface area contributed by atoms with Crippen LogP contribution in [0.4, 0.5) is 0 Å². The van der Waals surface area contributed by atoms with Crippen LogP contribution in [0.5, 0.6) is 0 Å². The largest absolute Gasteiger partial charge is 0.348 e. The molecule has 1 aromatic heterocycles. The Bertz CT molecular complexity index is 997. The zero-order valence-electron chi connectivity index (χ0n) is 21.9. The average molecular weight is 499 g/mol. The van der Waals surface area contributed by atoms with E-state index in [-0.39, 0.29) is 27.4 Å². The second-order valence-corrected chi connectivity index (χ2v) is 14.5. The summed E-state index contributed by atoms with van der Waals surface area (Å²) >= 11 is 1.63. The van der Waals surface area contributed by atoms with Crippen LogP contribution in [0, 0.1) is 39.9 Å². The molecule has 6 aliphatic rings. The van der Waals surface area contributed by atoms with E-state index >= 15 is 0 Å². The van der Waals surface area contributed by atoms with E-state index in [4.69, 9.17) is 0 Å². The van der Waals surface area contributed by atoms with Gasteiger partial charge < -0.3 is 9.88 Å². The number of thioether (sulfide) groups is 1. The minimum absolute atomic E-state index is 0.0324. The molecule has 35 heavy (non-hydrogen) atoms. The van der Waals surface area contributed by atoms with Crippen molar-refractivity contribution in [2.75, 3.05) is 0 Å². The fraction of sp³-hybridized carbons (Fsp3) is 0.857. The summed E-state index contributed by atoms with van der Waals surface area (Å²) in [5.41, 5.74) is -0.333. The lowest BCUT2D eigenvalue weighted by Gasteiger charge is -2.55. The molecule has 6 saturated carbocycles. The van der Waals surface area contributed by atoms with Crippen LogP contribution >= 0.6 is 11.8 Å². The summed E-state index contributed by atoms with van der Waals surface area (Å²) in [6.45, 7) is 10.2. The van der Waals surface area contributed by atoms with Crippen LogP contribution in [0.3, 0.4) is 0 Å². The van der Waals surface area contributed by atoms with Gasteiger partial charge in [-0.3, -0.25) is 9.59 Å². The summed E-state index contributed by atoms with van der Waals surface area (Å²) in [7, 11) is 0. The van der Waals surface area contributed by atoms with Gasteiger partial charge in [-0.25, -0.2) is 0 Å². The third-order valence-electron chi connectivity index (χ3n) is 11.2. The molecular weight excluding hydrogens is 456 g/mol. The van der Waals surface area contributed by atoms with Gasteiger partial charge in [-0.05, 0) is 86.9 Å². The summed E-state index contributed by atoms with van der Waals surface area (Å²) in [6, 6.07) is 0. The predicted molar refractivity (Wildman–Crippen MR) is 137 cm³/mol. The van der Waals surface area contributed by atoms with Gasteiger partial charge in [-0.1, -0.05) is 45.9 Å². The normalized spacial score (nSPS) is 40.6. The molecule has 6 bridgehead atoms. The number of ketones is 1. The van der Waals surface area contributed by atoms with Gasteiger partial charge in [0.15, 0.2) is 16.8 Å². The smallest absolute Gasteiger partial charge is 0.226 e. The van der Waals surface area contributed by atoms with Crippen molar-refractivity contribution in [3.05, 3.63) is 5.82 Å². The Morgan fingerprint density at radius 3 is 2.31 bits per heavy atom. The number of nitrogens with zero attached hydrogens (tertiary/aromatic N) is 3. The van der Waals surface area contributed by atoms with Gasteiger partial charge in [-0.15, -0.1) is 10.2 Å². The zero-order chi connectivity index (χ0) is 24.6. The number of nitrogens with one attached hydrogen (secondary N) is 1. The second kappa shape index (κ2) is 8.32. The van der Waals surface area contributed by atoms with E-state index < -0.39 is 0 Å². The summed E-state index contributed by atoms with van der Waals surface area (Å²) in [5.74, 6) is 4.13. The van der Waals surface area contributed by atoms with E-state index in [0.29, 0.717) is 18.2 Å². The third-order valence-corrected chi connectivity index (χ3v) is 12.5. The molecule has 7 rings (SSSR count). The summed E-state index contributed by atoms with van der Waals surface area (Å²) < 4.78 is 2.18. The molecule has 1 heterocycles. The topological polar surface area (TPSA) is 76.9 Å². The maximum atomic E-state index is 13.5. The first kappa shape index (κ1) is 24.0. The number of rotatable bonds is 8. The fourth-order valence-electron chi connectivity index (χ4n) is 9.07. The molecule has 0 radical (unpaired) electrons. The highest BCUT2D eigenvalue weighted by molar-refractivity contribution is 8.00. The van der Waals surface area contributed by atoms with Crippen molar-refractivity contribution in [3.63, 3.8) is 0 Å². The Labute approximate surface area is 214 Å². The quantitative estimate of drug-likeness (QED) is 0.519. The molecule has 1 amide bonds. The van der Waals surface area contributed by atoms with Gasteiger partial charge in [0.1, 0.15) is 0 Å². The zero-order valence-corrected chi connectivity index (χ0v) is 22.8. The molecule has 6 fully saturated rings. The molecule has 6 aliphatic carbocycles. The summed E-state index contributed by atoms with van der Waals surface area (Å²) in [5, 5.41) is 13.2. The van der Waals surface area contributed by atoms with E-state index in [1.807, 2.05) is 0 Å². The maximum Gasteiger partial charge on any atom is 0.226 e. The lowest BCUT2D eigenvalue weighted by Crippen LogP contribution is -2.53.